The first kappa shape index (κ1) is 6.42. The SMILES string of the molecule is CC([C]=S)c1ncc[nH]1. The van der Waals surface area contributed by atoms with Gasteiger partial charge in [-0.1, -0.05) is 19.1 Å². The molecule has 1 aromatic heterocycles. The maximum atomic E-state index is 4.61. The van der Waals surface area contributed by atoms with Crippen LogP contribution in [0.25, 0.3) is 0 Å². The highest BCUT2D eigenvalue weighted by Crippen LogP contribution is 2.04. The predicted octanol–water partition coefficient (Wildman–Crippen LogP) is 1.39. The van der Waals surface area contributed by atoms with E-state index in [0.29, 0.717) is 0 Å². The summed E-state index contributed by atoms with van der Waals surface area (Å²) in [5.41, 5.74) is 0. The van der Waals surface area contributed by atoms with Crippen LogP contribution in [0.15, 0.2) is 12.4 Å². The standard InChI is InChI=1S/C6H7N2S/c1-5(4-9)6-7-2-3-8-6/h2-3,5H,1H3,(H,7,8). The zero-order valence-electron chi connectivity index (χ0n) is 5.09. The molecule has 0 fully saturated rings. The number of aromatic amines is 1. The van der Waals surface area contributed by atoms with Gasteiger partial charge in [-0.2, -0.15) is 0 Å². The minimum atomic E-state index is 0.134. The Bertz CT molecular complexity index is 181. The number of thiocarbonyl (C=S) groups is 1. The molecule has 0 aromatic carbocycles. The summed E-state index contributed by atoms with van der Waals surface area (Å²) in [5.74, 6) is 1.01. The first-order chi connectivity index (χ1) is 4.34. The smallest absolute Gasteiger partial charge is 0.114 e. The molecule has 0 saturated heterocycles. The van der Waals surface area contributed by atoms with Crippen LogP contribution in [0.2, 0.25) is 0 Å². The van der Waals surface area contributed by atoms with Crippen molar-refractivity contribution in [2.45, 2.75) is 12.8 Å². The van der Waals surface area contributed by atoms with Crippen molar-refractivity contribution in [3.63, 3.8) is 0 Å². The quantitative estimate of drug-likeness (QED) is 0.627. The lowest BCUT2D eigenvalue weighted by Gasteiger charge is -1.95. The molecule has 9 heavy (non-hydrogen) atoms. The van der Waals surface area contributed by atoms with Crippen LogP contribution in [0.5, 0.6) is 0 Å². The molecule has 0 amide bonds. The first-order valence-corrected chi connectivity index (χ1v) is 3.12. The van der Waals surface area contributed by atoms with Gasteiger partial charge in [0, 0.05) is 17.8 Å². The number of nitrogens with one attached hydrogen (secondary N) is 1. The molecule has 47 valence electrons. The van der Waals surface area contributed by atoms with E-state index in [-0.39, 0.29) is 5.92 Å². The summed E-state index contributed by atoms with van der Waals surface area (Å²) in [6.07, 6.45) is 3.48. The molecule has 1 rings (SSSR count). The van der Waals surface area contributed by atoms with Crippen molar-refractivity contribution in [2.24, 2.45) is 0 Å². The average molecular weight is 139 g/mol. The molecule has 0 aliphatic rings. The van der Waals surface area contributed by atoms with Gasteiger partial charge in [0.1, 0.15) is 5.82 Å². The van der Waals surface area contributed by atoms with Gasteiger partial charge in [0.05, 0.1) is 5.92 Å². The molecule has 0 aliphatic heterocycles. The summed E-state index contributed by atoms with van der Waals surface area (Å²) in [6, 6.07) is 0. The Morgan fingerprint density at radius 3 is 3.11 bits per heavy atom. The second kappa shape index (κ2) is 2.73. The number of imidazole rings is 1. The maximum Gasteiger partial charge on any atom is 0.114 e. The van der Waals surface area contributed by atoms with E-state index >= 15 is 0 Å². The van der Waals surface area contributed by atoms with Crippen LogP contribution in [0, 0.1) is 0 Å². The van der Waals surface area contributed by atoms with E-state index in [0.717, 1.165) is 5.82 Å². The van der Waals surface area contributed by atoms with Gasteiger partial charge in [0.2, 0.25) is 0 Å². The molecule has 1 atom stereocenters. The number of nitrogens with zero attached hydrogens (tertiary/aromatic N) is 1. The third-order valence-electron chi connectivity index (χ3n) is 1.11. The largest absolute Gasteiger partial charge is 0.348 e. The molecular weight excluding hydrogens is 132 g/mol. The van der Waals surface area contributed by atoms with Crippen LogP contribution in [0.3, 0.4) is 0 Å². The number of rotatable bonds is 2. The summed E-state index contributed by atoms with van der Waals surface area (Å²) in [5, 5.41) is 2.66. The molecule has 1 N–H and O–H groups in total. The fraction of sp³-hybridized carbons (Fsp3) is 0.333. The molecule has 1 aromatic rings. The average Bonchev–Trinajstić information content (AvgIpc) is 2.37. The summed E-state index contributed by atoms with van der Waals surface area (Å²) in [7, 11) is 0. The molecular formula is C6H7N2S. The zero-order valence-corrected chi connectivity index (χ0v) is 5.90. The predicted molar refractivity (Wildman–Crippen MR) is 39.6 cm³/mol. The minimum Gasteiger partial charge on any atom is -0.348 e. The number of H-pyrrole nitrogens is 1. The molecule has 1 heterocycles. The molecule has 0 aliphatic carbocycles. The Morgan fingerprint density at radius 2 is 2.67 bits per heavy atom. The van der Waals surface area contributed by atoms with Crippen molar-refractivity contribution in [2.75, 3.05) is 0 Å². The van der Waals surface area contributed by atoms with Crippen LogP contribution in [-0.2, 0) is 0 Å². The second-order valence-corrected chi connectivity index (χ2v) is 2.05. The van der Waals surface area contributed by atoms with E-state index in [1.54, 1.807) is 12.4 Å². The Balaban J connectivity index is 2.76. The molecule has 0 bridgehead atoms. The molecule has 1 unspecified atom stereocenters. The first-order valence-electron chi connectivity index (χ1n) is 2.71. The normalized spacial score (nSPS) is 13.0. The zero-order chi connectivity index (χ0) is 6.69. The number of aromatic nitrogens is 2. The summed E-state index contributed by atoms with van der Waals surface area (Å²) in [6.45, 7) is 1.95. The topological polar surface area (TPSA) is 28.7 Å². The van der Waals surface area contributed by atoms with Crippen LogP contribution >= 0.6 is 12.2 Å². The molecule has 0 spiro atoms. The highest BCUT2D eigenvalue weighted by Gasteiger charge is 2.01. The Hall–Kier alpha value is -0.700. The van der Waals surface area contributed by atoms with Crippen LogP contribution in [0.1, 0.15) is 18.7 Å². The third kappa shape index (κ3) is 1.36. The van der Waals surface area contributed by atoms with Gasteiger partial charge in [-0.15, -0.1) is 0 Å². The summed E-state index contributed by atoms with van der Waals surface area (Å²) < 4.78 is 0. The Labute approximate surface area is 59.3 Å². The molecule has 1 radical (unpaired) electrons. The third-order valence-corrected chi connectivity index (χ3v) is 1.46. The van der Waals surface area contributed by atoms with Crippen molar-refractivity contribution in [3.05, 3.63) is 18.2 Å². The van der Waals surface area contributed by atoms with E-state index in [1.165, 1.54) is 0 Å². The van der Waals surface area contributed by atoms with E-state index in [4.69, 9.17) is 0 Å². The minimum absolute atomic E-state index is 0.134. The lowest BCUT2D eigenvalue weighted by atomic mass is 10.2. The summed E-state index contributed by atoms with van der Waals surface area (Å²) in [4.78, 5) is 6.95. The molecule has 2 nitrogen and oxygen atoms in total. The van der Waals surface area contributed by atoms with E-state index in [1.807, 2.05) is 6.92 Å². The van der Waals surface area contributed by atoms with Gasteiger partial charge in [-0.25, -0.2) is 4.98 Å². The highest BCUT2D eigenvalue weighted by atomic mass is 32.1. The van der Waals surface area contributed by atoms with Crippen molar-refractivity contribution in [1.29, 1.82) is 0 Å². The lowest BCUT2D eigenvalue weighted by Crippen LogP contribution is -1.94. The Kier molecular flexibility index (Phi) is 1.95. The fourth-order valence-corrected chi connectivity index (χ4v) is 0.682. The Morgan fingerprint density at radius 1 is 1.89 bits per heavy atom. The van der Waals surface area contributed by atoms with Crippen LogP contribution < -0.4 is 0 Å². The van der Waals surface area contributed by atoms with Gasteiger partial charge < -0.3 is 4.98 Å². The van der Waals surface area contributed by atoms with E-state index in [9.17, 15) is 0 Å². The van der Waals surface area contributed by atoms with Gasteiger partial charge in [-0.3, -0.25) is 0 Å². The maximum absolute atomic E-state index is 4.61. The second-order valence-electron chi connectivity index (χ2n) is 1.81. The molecule has 0 saturated carbocycles. The van der Waals surface area contributed by atoms with Gasteiger partial charge in [0.15, 0.2) is 0 Å². The summed E-state index contributed by atoms with van der Waals surface area (Å²) >= 11 is 4.61. The van der Waals surface area contributed by atoms with Gasteiger partial charge in [0.25, 0.3) is 0 Å². The van der Waals surface area contributed by atoms with Crippen molar-refractivity contribution >= 4 is 17.6 Å². The van der Waals surface area contributed by atoms with Gasteiger partial charge in [-0.05, 0) is 0 Å². The monoisotopic (exact) mass is 139 g/mol. The van der Waals surface area contributed by atoms with E-state index in [2.05, 4.69) is 27.6 Å². The van der Waals surface area contributed by atoms with Crippen molar-refractivity contribution < 1.29 is 0 Å². The van der Waals surface area contributed by atoms with E-state index < -0.39 is 0 Å². The molecule has 3 heteroatoms. The number of hydrogen-bond donors (Lipinski definition) is 1. The fourth-order valence-electron chi connectivity index (χ4n) is 0.570. The number of hydrogen-bond acceptors (Lipinski definition) is 2. The van der Waals surface area contributed by atoms with Crippen molar-refractivity contribution in [1.82, 2.24) is 9.97 Å². The van der Waals surface area contributed by atoms with Crippen LogP contribution in [0.4, 0.5) is 0 Å². The lowest BCUT2D eigenvalue weighted by molar-refractivity contribution is 0.936. The van der Waals surface area contributed by atoms with Crippen LogP contribution in [-0.4, -0.2) is 15.3 Å². The van der Waals surface area contributed by atoms with Gasteiger partial charge >= 0.3 is 0 Å². The van der Waals surface area contributed by atoms with Crippen molar-refractivity contribution in [3.8, 4) is 0 Å². The highest BCUT2D eigenvalue weighted by molar-refractivity contribution is 7.79.